The molecule has 1 aliphatic heterocycles. The van der Waals surface area contributed by atoms with Gasteiger partial charge in [-0.05, 0) is 38.0 Å². The number of aliphatic imine (C=N–C) groups is 1. The van der Waals surface area contributed by atoms with Gasteiger partial charge >= 0.3 is 0 Å². The van der Waals surface area contributed by atoms with Crippen molar-refractivity contribution in [3.8, 4) is 0 Å². The lowest BCUT2D eigenvalue weighted by atomic mass is 10.2. The summed E-state index contributed by atoms with van der Waals surface area (Å²) in [6.45, 7) is 4.21. The molecule has 1 aliphatic rings. The van der Waals surface area contributed by atoms with Gasteiger partial charge in [0.15, 0.2) is 5.17 Å². The average Bonchev–Trinajstić information content (AvgIpc) is 2.24. The first-order valence-corrected chi connectivity index (χ1v) is 6.75. The minimum Gasteiger partial charge on any atom is -0.335 e. The van der Waals surface area contributed by atoms with Crippen molar-refractivity contribution >= 4 is 34.2 Å². The molecule has 0 bridgehead atoms. The molecule has 0 saturated heterocycles. The number of amidine groups is 1. The molecule has 2 rings (SSSR count). The highest BCUT2D eigenvalue weighted by Crippen LogP contribution is 2.24. The Hall–Kier alpha value is -0.670. The Labute approximate surface area is 105 Å². The van der Waals surface area contributed by atoms with Gasteiger partial charge in [0.05, 0.1) is 6.04 Å². The van der Waals surface area contributed by atoms with Gasteiger partial charge in [0.25, 0.3) is 0 Å². The zero-order valence-corrected chi connectivity index (χ0v) is 11.0. The van der Waals surface area contributed by atoms with E-state index in [0.717, 1.165) is 28.1 Å². The van der Waals surface area contributed by atoms with E-state index in [9.17, 15) is 0 Å². The number of hydrogen-bond acceptors (Lipinski definition) is 3. The van der Waals surface area contributed by atoms with E-state index >= 15 is 0 Å². The average molecular weight is 255 g/mol. The predicted molar refractivity (Wildman–Crippen MR) is 73.8 cm³/mol. The fourth-order valence-electron chi connectivity index (χ4n) is 1.54. The summed E-state index contributed by atoms with van der Waals surface area (Å²) in [5.74, 6) is 1.13. The van der Waals surface area contributed by atoms with Crippen LogP contribution in [0.5, 0.6) is 0 Å². The third kappa shape index (κ3) is 2.92. The number of rotatable bonds is 1. The highest BCUT2D eigenvalue weighted by atomic mass is 35.5. The van der Waals surface area contributed by atoms with Crippen LogP contribution in [0, 0.1) is 6.92 Å². The fourth-order valence-corrected chi connectivity index (χ4v) is 2.80. The van der Waals surface area contributed by atoms with Gasteiger partial charge in [0, 0.05) is 16.5 Å². The van der Waals surface area contributed by atoms with E-state index in [2.05, 4.69) is 24.2 Å². The lowest BCUT2D eigenvalue weighted by molar-refractivity contribution is 0.720. The summed E-state index contributed by atoms with van der Waals surface area (Å²) in [5, 5.41) is 5.11. The minimum atomic E-state index is 0.420. The number of nitrogens with one attached hydrogen (secondary N) is 1. The zero-order chi connectivity index (χ0) is 11.5. The summed E-state index contributed by atoms with van der Waals surface area (Å²) in [6.07, 6.45) is 1.16. The van der Waals surface area contributed by atoms with Crippen molar-refractivity contribution in [2.75, 3.05) is 11.1 Å². The number of thioether (sulfide) groups is 1. The van der Waals surface area contributed by atoms with Gasteiger partial charge in [0.1, 0.15) is 0 Å². The third-order valence-electron chi connectivity index (χ3n) is 2.55. The first-order chi connectivity index (χ1) is 7.65. The van der Waals surface area contributed by atoms with E-state index in [1.807, 2.05) is 18.2 Å². The molecule has 1 aromatic carbocycles. The summed E-state index contributed by atoms with van der Waals surface area (Å²) >= 11 is 7.75. The van der Waals surface area contributed by atoms with E-state index in [1.165, 1.54) is 5.56 Å². The standard InChI is InChI=1S/C12H15ClN2S/c1-8-3-4-10(13)7-11(8)15-12-14-9(2)5-6-16-12/h3-4,7,9H,5-6H2,1-2H3,(H,14,15). The topological polar surface area (TPSA) is 24.4 Å². The molecule has 1 atom stereocenters. The summed E-state index contributed by atoms with van der Waals surface area (Å²) in [5.41, 5.74) is 2.23. The summed E-state index contributed by atoms with van der Waals surface area (Å²) in [4.78, 5) is 4.57. The van der Waals surface area contributed by atoms with Crippen LogP contribution in [0.2, 0.25) is 5.02 Å². The third-order valence-corrected chi connectivity index (χ3v) is 3.71. The molecule has 0 fully saturated rings. The molecule has 16 heavy (non-hydrogen) atoms. The number of anilines is 1. The van der Waals surface area contributed by atoms with Gasteiger partial charge in [-0.1, -0.05) is 29.4 Å². The van der Waals surface area contributed by atoms with Crippen molar-refractivity contribution in [2.45, 2.75) is 26.3 Å². The van der Waals surface area contributed by atoms with Crippen LogP contribution < -0.4 is 5.32 Å². The quantitative estimate of drug-likeness (QED) is 0.821. The minimum absolute atomic E-state index is 0.420. The van der Waals surface area contributed by atoms with Crippen molar-refractivity contribution in [3.05, 3.63) is 28.8 Å². The van der Waals surface area contributed by atoms with Crippen LogP contribution in [0.25, 0.3) is 0 Å². The smallest absolute Gasteiger partial charge is 0.161 e. The summed E-state index contributed by atoms with van der Waals surface area (Å²) in [7, 11) is 0. The Balaban J connectivity index is 2.17. The monoisotopic (exact) mass is 254 g/mol. The summed E-state index contributed by atoms with van der Waals surface area (Å²) in [6, 6.07) is 6.28. The molecule has 1 heterocycles. The zero-order valence-electron chi connectivity index (χ0n) is 9.46. The van der Waals surface area contributed by atoms with Crippen molar-refractivity contribution in [1.82, 2.24) is 0 Å². The second-order valence-corrected chi connectivity index (χ2v) is 5.52. The molecule has 0 saturated carbocycles. The van der Waals surface area contributed by atoms with Crippen LogP contribution in [-0.4, -0.2) is 17.0 Å². The molecular weight excluding hydrogens is 240 g/mol. The molecule has 2 nitrogen and oxygen atoms in total. The molecule has 1 aromatic rings. The molecule has 4 heteroatoms. The molecule has 0 amide bonds. The van der Waals surface area contributed by atoms with Crippen molar-refractivity contribution < 1.29 is 0 Å². The van der Waals surface area contributed by atoms with Crippen molar-refractivity contribution in [2.24, 2.45) is 4.99 Å². The number of benzene rings is 1. The van der Waals surface area contributed by atoms with Gasteiger partial charge in [0.2, 0.25) is 0 Å². The molecule has 1 unspecified atom stereocenters. The first kappa shape index (κ1) is 11.8. The maximum Gasteiger partial charge on any atom is 0.161 e. The molecule has 86 valence electrons. The van der Waals surface area contributed by atoms with Crippen LogP contribution in [0.1, 0.15) is 18.9 Å². The largest absolute Gasteiger partial charge is 0.335 e. The van der Waals surface area contributed by atoms with Crippen LogP contribution in [0.3, 0.4) is 0 Å². The normalized spacial score (nSPS) is 20.4. The molecule has 1 N–H and O–H groups in total. The van der Waals surface area contributed by atoms with Crippen LogP contribution in [-0.2, 0) is 0 Å². The van der Waals surface area contributed by atoms with Crippen LogP contribution in [0.4, 0.5) is 5.69 Å². The van der Waals surface area contributed by atoms with Crippen LogP contribution in [0.15, 0.2) is 23.2 Å². The van der Waals surface area contributed by atoms with E-state index in [1.54, 1.807) is 11.8 Å². The van der Waals surface area contributed by atoms with E-state index in [-0.39, 0.29) is 0 Å². The van der Waals surface area contributed by atoms with Crippen LogP contribution >= 0.6 is 23.4 Å². The Morgan fingerprint density at radius 2 is 2.31 bits per heavy atom. The maximum absolute atomic E-state index is 5.98. The summed E-state index contributed by atoms with van der Waals surface area (Å²) < 4.78 is 0. The van der Waals surface area contributed by atoms with Gasteiger partial charge in [-0.3, -0.25) is 4.99 Å². The number of halogens is 1. The Bertz CT molecular complexity index is 417. The van der Waals surface area contributed by atoms with Gasteiger partial charge < -0.3 is 5.32 Å². The van der Waals surface area contributed by atoms with Gasteiger partial charge in [-0.2, -0.15) is 0 Å². The Morgan fingerprint density at radius 1 is 1.50 bits per heavy atom. The second-order valence-electron chi connectivity index (χ2n) is 4.00. The molecule has 0 spiro atoms. The highest BCUT2D eigenvalue weighted by Gasteiger charge is 2.12. The Morgan fingerprint density at radius 3 is 3.06 bits per heavy atom. The van der Waals surface area contributed by atoms with Gasteiger partial charge in [-0.15, -0.1) is 0 Å². The van der Waals surface area contributed by atoms with Gasteiger partial charge in [-0.25, -0.2) is 0 Å². The number of nitrogens with zero attached hydrogens (tertiary/aromatic N) is 1. The lowest BCUT2D eigenvalue weighted by Crippen LogP contribution is -2.18. The fraction of sp³-hybridized carbons (Fsp3) is 0.417. The molecule has 0 aromatic heterocycles. The number of hydrogen-bond donors (Lipinski definition) is 1. The molecule has 0 aliphatic carbocycles. The van der Waals surface area contributed by atoms with Crippen molar-refractivity contribution in [1.29, 1.82) is 0 Å². The molecular formula is C12H15ClN2S. The first-order valence-electron chi connectivity index (χ1n) is 5.39. The van der Waals surface area contributed by atoms with E-state index in [0.29, 0.717) is 6.04 Å². The highest BCUT2D eigenvalue weighted by molar-refractivity contribution is 8.14. The van der Waals surface area contributed by atoms with E-state index < -0.39 is 0 Å². The number of aryl methyl sites for hydroxylation is 1. The maximum atomic E-state index is 5.98. The second kappa shape index (κ2) is 5.11. The van der Waals surface area contributed by atoms with Crippen molar-refractivity contribution in [3.63, 3.8) is 0 Å². The van der Waals surface area contributed by atoms with E-state index in [4.69, 9.17) is 11.6 Å². The molecule has 0 radical (unpaired) electrons. The predicted octanol–water partition coefficient (Wildman–Crippen LogP) is 3.94. The SMILES string of the molecule is Cc1ccc(Cl)cc1NC1=NC(C)CCS1. The lowest BCUT2D eigenvalue weighted by Gasteiger charge is -2.18. The Kier molecular flexibility index (Phi) is 3.77.